The highest BCUT2D eigenvalue weighted by molar-refractivity contribution is 5.32. The lowest BCUT2D eigenvalue weighted by molar-refractivity contribution is -0.409. The maximum absolute atomic E-state index is 2.52. The fraction of sp³-hybridized carbons (Fsp3) is 1.00. The second-order valence-corrected chi connectivity index (χ2v) is 12.0. The van der Waals surface area contributed by atoms with Crippen molar-refractivity contribution in [2.24, 2.45) is 75.9 Å². The average Bonchev–Trinajstić information content (AvgIpc) is 2.51. The summed E-state index contributed by atoms with van der Waals surface area (Å²) in [5.41, 5.74) is 1.80. The lowest BCUT2D eigenvalue weighted by Crippen LogP contribution is -2.83. The molecular weight excluding hydrogens is 276 g/mol. The zero-order valence-corrected chi connectivity index (χ0v) is 14.7. The summed E-state index contributed by atoms with van der Waals surface area (Å²) < 4.78 is 0. The van der Waals surface area contributed by atoms with Crippen molar-refractivity contribution in [3.8, 4) is 0 Å². The zero-order valence-electron chi connectivity index (χ0n) is 14.7. The standard InChI is InChI=1S/C23H32/c1-2-11-3-14-18-15-4-12-5-16(18)21-22(7-11)9-13-6-17(19(14)22)20(15)23(21,8-12)10-13/h11-21H,2-10H2,1H3. The lowest BCUT2D eigenvalue weighted by atomic mass is 9.16. The van der Waals surface area contributed by atoms with E-state index < -0.39 is 0 Å². The van der Waals surface area contributed by atoms with E-state index in [4.69, 9.17) is 0 Å². The molecule has 0 aromatic rings. The van der Waals surface area contributed by atoms with Crippen LogP contribution in [0, 0.1) is 75.9 Å². The Balaban J connectivity index is 1.44. The summed E-state index contributed by atoms with van der Waals surface area (Å²) in [5, 5.41) is 0. The summed E-state index contributed by atoms with van der Waals surface area (Å²) >= 11 is 0. The van der Waals surface area contributed by atoms with Crippen LogP contribution in [0.5, 0.6) is 0 Å². The largest absolute Gasteiger partial charge is 0.0651 e. The summed E-state index contributed by atoms with van der Waals surface area (Å²) in [6, 6.07) is 0. The van der Waals surface area contributed by atoms with Gasteiger partial charge in [0.05, 0.1) is 0 Å². The lowest BCUT2D eigenvalue weighted by Gasteiger charge is -2.89. The normalized spacial score (nSPS) is 77.3. The third-order valence-electron chi connectivity index (χ3n) is 12.0. The quantitative estimate of drug-likeness (QED) is 0.610. The van der Waals surface area contributed by atoms with Gasteiger partial charge in [0, 0.05) is 0 Å². The maximum Gasteiger partial charge on any atom is -0.0222 e. The minimum absolute atomic E-state index is 0.889. The Morgan fingerprint density at radius 1 is 0.696 bits per heavy atom. The number of hydrogen-bond donors (Lipinski definition) is 0. The first-order chi connectivity index (χ1) is 11.2. The van der Waals surface area contributed by atoms with Gasteiger partial charge in [-0.25, -0.2) is 0 Å². The highest BCUT2D eigenvalue weighted by atomic mass is 14.9. The molecule has 2 spiro atoms. The first kappa shape index (κ1) is 12.4. The van der Waals surface area contributed by atoms with E-state index in [9.17, 15) is 0 Å². The van der Waals surface area contributed by atoms with Crippen LogP contribution in [0.15, 0.2) is 0 Å². The van der Waals surface area contributed by atoms with E-state index >= 15 is 0 Å². The molecule has 12 bridgehead atoms. The first-order valence-corrected chi connectivity index (χ1v) is 11.2. The van der Waals surface area contributed by atoms with Crippen molar-refractivity contribution >= 4 is 0 Å². The van der Waals surface area contributed by atoms with Gasteiger partial charge in [0.25, 0.3) is 0 Å². The van der Waals surface area contributed by atoms with Gasteiger partial charge in [0.2, 0.25) is 0 Å². The number of rotatable bonds is 1. The molecule has 0 aliphatic heterocycles. The smallest absolute Gasteiger partial charge is 0.0222 e. The van der Waals surface area contributed by atoms with Crippen LogP contribution in [-0.4, -0.2) is 0 Å². The van der Waals surface area contributed by atoms with Crippen LogP contribution in [0.3, 0.4) is 0 Å². The van der Waals surface area contributed by atoms with Gasteiger partial charge in [-0.3, -0.25) is 0 Å². The van der Waals surface area contributed by atoms with Crippen LogP contribution in [0.1, 0.15) is 64.7 Å². The Morgan fingerprint density at radius 2 is 1.35 bits per heavy atom. The van der Waals surface area contributed by atoms with Gasteiger partial charge < -0.3 is 0 Å². The molecule has 11 saturated carbocycles. The molecule has 0 aromatic heterocycles. The van der Waals surface area contributed by atoms with E-state index in [-0.39, 0.29) is 0 Å². The molecule has 23 heavy (non-hydrogen) atoms. The molecule has 124 valence electrons. The van der Waals surface area contributed by atoms with Crippen LogP contribution in [0.25, 0.3) is 0 Å². The van der Waals surface area contributed by atoms with Crippen LogP contribution < -0.4 is 0 Å². The molecule has 0 heteroatoms. The van der Waals surface area contributed by atoms with Gasteiger partial charge in [-0.2, -0.15) is 0 Å². The molecule has 0 heterocycles. The molecule has 0 radical (unpaired) electrons. The summed E-state index contributed by atoms with van der Waals surface area (Å²) in [7, 11) is 0. The van der Waals surface area contributed by atoms with Crippen LogP contribution in [0.2, 0.25) is 0 Å². The van der Waals surface area contributed by atoms with Gasteiger partial charge >= 0.3 is 0 Å². The fourth-order valence-electron chi connectivity index (χ4n) is 13.1. The molecule has 11 aliphatic rings. The van der Waals surface area contributed by atoms with Gasteiger partial charge in [-0.05, 0) is 127 Å². The van der Waals surface area contributed by atoms with E-state index in [1.165, 1.54) is 65.6 Å². The summed E-state index contributed by atoms with van der Waals surface area (Å²) in [4.78, 5) is 0. The highest BCUT2D eigenvalue weighted by Gasteiger charge is 2.84. The van der Waals surface area contributed by atoms with Crippen molar-refractivity contribution in [3.05, 3.63) is 0 Å². The minimum atomic E-state index is 0.889. The molecule has 13 unspecified atom stereocenters. The summed E-state index contributed by atoms with van der Waals surface area (Å²) in [5.74, 6) is 13.3. The van der Waals surface area contributed by atoms with Crippen molar-refractivity contribution < 1.29 is 0 Å². The van der Waals surface area contributed by atoms with E-state index in [0.29, 0.717) is 0 Å². The van der Waals surface area contributed by atoms with Crippen molar-refractivity contribution in [2.45, 2.75) is 64.7 Å². The molecule has 0 nitrogen and oxygen atoms in total. The van der Waals surface area contributed by atoms with E-state index in [2.05, 4.69) is 6.92 Å². The average molecular weight is 309 g/mol. The highest BCUT2D eigenvalue weighted by Crippen LogP contribution is 2.90. The first-order valence-electron chi connectivity index (χ1n) is 11.2. The van der Waals surface area contributed by atoms with Crippen molar-refractivity contribution in [3.63, 3.8) is 0 Å². The van der Waals surface area contributed by atoms with Crippen LogP contribution in [-0.2, 0) is 0 Å². The second kappa shape index (κ2) is 3.33. The Kier molecular flexibility index (Phi) is 1.79. The topological polar surface area (TPSA) is 0 Å². The Morgan fingerprint density at radius 3 is 2.17 bits per heavy atom. The molecule has 11 aliphatic carbocycles. The van der Waals surface area contributed by atoms with Crippen molar-refractivity contribution in [2.75, 3.05) is 0 Å². The van der Waals surface area contributed by atoms with Gasteiger partial charge in [0.1, 0.15) is 0 Å². The second-order valence-electron chi connectivity index (χ2n) is 12.0. The minimum Gasteiger partial charge on any atom is -0.0651 e. The molecule has 13 atom stereocenters. The third-order valence-corrected chi connectivity index (χ3v) is 12.0. The van der Waals surface area contributed by atoms with Gasteiger partial charge in [-0.15, -0.1) is 0 Å². The Bertz CT molecular complexity index is 618. The Hall–Kier alpha value is 0. The monoisotopic (exact) mass is 308 g/mol. The van der Waals surface area contributed by atoms with Crippen molar-refractivity contribution in [1.82, 2.24) is 0 Å². The van der Waals surface area contributed by atoms with Gasteiger partial charge in [0.15, 0.2) is 0 Å². The van der Waals surface area contributed by atoms with E-state index in [1.807, 2.05) is 0 Å². The van der Waals surface area contributed by atoms with E-state index in [0.717, 1.165) is 16.7 Å². The maximum atomic E-state index is 2.52. The molecule has 11 fully saturated rings. The molecule has 0 saturated heterocycles. The molecule has 0 aromatic carbocycles. The van der Waals surface area contributed by atoms with Crippen LogP contribution in [0.4, 0.5) is 0 Å². The Labute approximate surface area is 141 Å². The predicted octanol–water partition coefficient (Wildman–Crippen LogP) is 5.38. The third kappa shape index (κ3) is 0.996. The van der Waals surface area contributed by atoms with Crippen molar-refractivity contribution in [1.29, 1.82) is 0 Å². The van der Waals surface area contributed by atoms with E-state index in [1.54, 1.807) is 51.4 Å². The SMILES string of the molecule is CCC1CC2C3C4CC5CC3C3C6(C1)CC1CC(C26)C4C3(C5)C1. The molecular formula is C23H32. The fourth-order valence-corrected chi connectivity index (χ4v) is 13.1. The molecule has 0 N–H and O–H groups in total. The predicted molar refractivity (Wildman–Crippen MR) is 90.5 cm³/mol. The van der Waals surface area contributed by atoms with Gasteiger partial charge in [-0.1, -0.05) is 13.3 Å². The zero-order chi connectivity index (χ0) is 14.7. The number of hydrogen-bond acceptors (Lipinski definition) is 0. The summed E-state index contributed by atoms with van der Waals surface area (Å²) in [6.45, 7) is 2.52. The van der Waals surface area contributed by atoms with Crippen LogP contribution >= 0.6 is 0 Å². The summed E-state index contributed by atoms with van der Waals surface area (Å²) in [6.07, 6.45) is 15.1. The molecule has 0 amide bonds. The molecule has 11 rings (SSSR count).